The Kier molecular flexibility index (Phi) is 5.15. The highest BCUT2D eigenvalue weighted by molar-refractivity contribution is 7.92. The van der Waals surface area contributed by atoms with Crippen LogP contribution in [0, 0.1) is 5.92 Å². The molecule has 3 rings (SSSR count). The molecule has 0 bridgehead atoms. The van der Waals surface area contributed by atoms with E-state index in [1.54, 1.807) is 0 Å². The van der Waals surface area contributed by atoms with E-state index in [1.807, 2.05) is 0 Å². The van der Waals surface area contributed by atoms with Crippen molar-refractivity contribution in [2.24, 2.45) is 16.1 Å². The Bertz CT molecular complexity index is 999. The molecule has 1 aromatic rings. The molecule has 1 atom stereocenters. The smallest absolute Gasteiger partial charge is 0.211 e. The van der Waals surface area contributed by atoms with Crippen molar-refractivity contribution in [3.63, 3.8) is 0 Å². The number of hydrogen-bond acceptors (Lipinski definition) is 6. The molecular weight excluding hydrogens is 421 g/mol. The van der Waals surface area contributed by atoms with Crippen LogP contribution in [0.1, 0.15) is 12.0 Å². The van der Waals surface area contributed by atoms with Gasteiger partial charge >= 0.3 is 11.8 Å². The molecule has 1 aromatic carbocycles. The molecule has 0 unspecified atom stereocenters. The average Bonchev–Trinajstić information content (AvgIpc) is 3.32. The van der Waals surface area contributed by atoms with E-state index in [2.05, 4.69) is 21.5 Å². The number of alkyl halides is 3. The molecule has 13 heteroatoms. The van der Waals surface area contributed by atoms with Gasteiger partial charge in [-0.15, -0.1) is 10.2 Å². The van der Waals surface area contributed by atoms with Crippen LogP contribution in [-0.2, 0) is 25.7 Å². The standard InChI is InChI=1S/C15H17F3N4O4S2/c1-2-27(23,24)19-9-11-7-8-22(10-11)28(25,26)13-5-3-12(4-6-13)14(20-21-14)15(16,17)18/h2-6,11,19H,1,7-10H2/t11-/m1/s1. The summed E-state index contributed by atoms with van der Waals surface area (Å²) >= 11 is 0. The lowest BCUT2D eigenvalue weighted by Gasteiger charge is -2.18. The monoisotopic (exact) mass is 438 g/mol. The zero-order valence-electron chi connectivity index (χ0n) is 14.4. The van der Waals surface area contributed by atoms with Gasteiger partial charge < -0.3 is 0 Å². The average molecular weight is 438 g/mol. The first-order valence-corrected chi connectivity index (χ1v) is 11.1. The SMILES string of the molecule is C=CS(=O)(=O)NC[C@H]1CCN(S(=O)(=O)c2ccc(C3(C(F)(F)F)N=N3)cc2)C1. The van der Waals surface area contributed by atoms with Gasteiger partial charge in [-0.1, -0.05) is 18.7 Å². The van der Waals surface area contributed by atoms with E-state index in [9.17, 15) is 30.0 Å². The predicted octanol–water partition coefficient (Wildman–Crippen LogP) is 1.94. The van der Waals surface area contributed by atoms with Gasteiger partial charge in [-0.05, 0) is 24.5 Å². The van der Waals surface area contributed by atoms with Crippen molar-refractivity contribution < 1.29 is 30.0 Å². The van der Waals surface area contributed by atoms with Gasteiger partial charge in [0, 0.05) is 30.6 Å². The fourth-order valence-electron chi connectivity index (χ4n) is 2.93. The van der Waals surface area contributed by atoms with Crippen LogP contribution < -0.4 is 4.72 Å². The van der Waals surface area contributed by atoms with Crippen molar-refractivity contribution in [3.8, 4) is 0 Å². The van der Waals surface area contributed by atoms with Crippen LogP contribution in [0.3, 0.4) is 0 Å². The van der Waals surface area contributed by atoms with Crippen LogP contribution in [-0.4, -0.2) is 47.0 Å². The second-order valence-corrected chi connectivity index (χ2v) is 10.1. The molecule has 0 saturated carbocycles. The van der Waals surface area contributed by atoms with Crippen molar-refractivity contribution in [2.45, 2.75) is 23.2 Å². The third-order valence-corrected chi connectivity index (χ3v) is 7.52. The Labute approximate surface area is 160 Å². The van der Waals surface area contributed by atoms with Gasteiger partial charge in [0.05, 0.1) is 4.90 Å². The molecule has 0 aromatic heterocycles. The number of rotatable bonds is 7. The maximum atomic E-state index is 13.0. The minimum atomic E-state index is -4.69. The summed E-state index contributed by atoms with van der Waals surface area (Å²) in [5.74, 6) is -0.221. The highest BCUT2D eigenvalue weighted by Crippen LogP contribution is 2.52. The van der Waals surface area contributed by atoms with Gasteiger partial charge in [-0.25, -0.2) is 21.6 Å². The van der Waals surface area contributed by atoms with Crippen LogP contribution in [0.5, 0.6) is 0 Å². The molecule has 0 aliphatic carbocycles. The third-order valence-electron chi connectivity index (χ3n) is 4.63. The van der Waals surface area contributed by atoms with Crippen LogP contribution in [0.2, 0.25) is 0 Å². The lowest BCUT2D eigenvalue weighted by Crippen LogP contribution is -2.32. The molecule has 154 valence electrons. The summed E-state index contributed by atoms with van der Waals surface area (Å²) in [5, 5.41) is 6.93. The van der Waals surface area contributed by atoms with Gasteiger partial charge in [-0.3, -0.25) is 0 Å². The van der Waals surface area contributed by atoms with E-state index in [0.717, 1.165) is 29.7 Å². The first-order chi connectivity index (χ1) is 12.9. The first kappa shape index (κ1) is 20.9. The van der Waals surface area contributed by atoms with Gasteiger partial charge in [-0.2, -0.15) is 17.5 Å². The highest BCUT2D eigenvalue weighted by atomic mass is 32.2. The van der Waals surface area contributed by atoms with Gasteiger partial charge in [0.25, 0.3) is 0 Å². The Morgan fingerprint density at radius 3 is 2.32 bits per heavy atom. The Balaban J connectivity index is 1.69. The summed E-state index contributed by atoms with van der Waals surface area (Å²) in [6.07, 6.45) is -4.24. The molecule has 8 nitrogen and oxygen atoms in total. The minimum Gasteiger partial charge on any atom is -0.211 e. The van der Waals surface area contributed by atoms with E-state index < -0.39 is 31.9 Å². The zero-order chi connectivity index (χ0) is 20.8. The van der Waals surface area contributed by atoms with Crippen molar-refractivity contribution >= 4 is 20.0 Å². The van der Waals surface area contributed by atoms with Crippen LogP contribution in [0.4, 0.5) is 13.2 Å². The Morgan fingerprint density at radius 1 is 1.21 bits per heavy atom. The van der Waals surface area contributed by atoms with Crippen molar-refractivity contribution in [3.05, 3.63) is 41.8 Å². The Morgan fingerprint density at radius 2 is 1.82 bits per heavy atom. The summed E-state index contributed by atoms with van der Waals surface area (Å²) in [4.78, 5) is -0.151. The van der Waals surface area contributed by atoms with Gasteiger partial charge in [0.1, 0.15) is 0 Å². The summed E-state index contributed by atoms with van der Waals surface area (Å²) < 4.78 is 90.7. The number of nitrogens with zero attached hydrogens (tertiary/aromatic N) is 3. The molecule has 2 heterocycles. The van der Waals surface area contributed by atoms with E-state index in [0.29, 0.717) is 6.42 Å². The third kappa shape index (κ3) is 3.83. The molecule has 1 saturated heterocycles. The van der Waals surface area contributed by atoms with E-state index >= 15 is 0 Å². The second-order valence-electron chi connectivity index (χ2n) is 6.47. The van der Waals surface area contributed by atoms with Gasteiger partial charge in [0.15, 0.2) is 0 Å². The fraction of sp³-hybridized carbons (Fsp3) is 0.467. The molecular formula is C15H17F3N4O4S2. The van der Waals surface area contributed by atoms with Crippen molar-refractivity contribution in [2.75, 3.05) is 19.6 Å². The predicted molar refractivity (Wildman–Crippen MR) is 93.0 cm³/mol. The Hall–Kier alpha value is -1.83. The summed E-state index contributed by atoms with van der Waals surface area (Å²) in [6, 6.07) is 4.28. The molecule has 0 spiro atoms. The lowest BCUT2D eigenvalue weighted by molar-refractivity contribution is -0.166. The first-order valence-electron chi connectivity index (χ1n) is 8.15. The van der Waals surface area contributed by atoms with Crippen molar-refractivity contribution in [1.82, 2.24) is 9.03 Å². The minimum absolute atomic E-state index is 0.0659. The number of nitrogens with one attached hydrogen (secondary N) is 1. The summed E-state index contributed by atoms with van der Waals surface area (Å²) in [5.41, 5.74) is -2.85. The zero-order valence-corrected chi connectivity index (χ0v) is 16.1. The summed E-state index contributed by atoms with van der Waals surface area (Å²) in [6.45, 7) is 3.52. The highest BCUT2D eigenvalue weighted by Gasteiger charge is 2.65. The number of halogens is 3. The van der Waals surface area contributed by atoms with E-state index in [1.165, 1.54) is 4.31 Å². The molecule has 0 radical (unpaired) electrons. The van der Waals surface area contributed by atoms with Crippen molar-refractivity contribution in [1.29, 1.82) is 0 Å². The second kappa shape index (κ2) is 6.90. The normalized spacial score (nSPS) is 22.3. The lowest BCUT2D eigenvalue weighted by atomic mass is 10.0. The van der Waals surface area contributed by atoms with Crippen LogP contribution >= 0.6 is 0 Å². The van der Waals surface area contributed by atoms with E-state index in [-0.39, 0.29) is 36.0 Å². The van der Waals surface area contributed by atoms with Gasteiger partial charge in [0.2, 0.25) is 20.0 Å². The largest absolute Gasteiger partial charge is 0.442 e. The molecule has 28 heavy (non-hydrogen) atoms. The molecule has 2 aliphatic rings. The number of hydrogen-bond donors (Lipinski definition) is 1. The molecule has 2 aliphatic heterocycles. The topological polar surface area (TPSA) is 108 Å². The maximum absolute atomic E-state index is 13.0. The molecule has 0 amide bonds. The number of benzene rings is 1. The maximum Gasteiger partial charge on any atom is 0.442 e. The quantitative estimate of drug-likeness (QED) is 0.702. The van der Waals surface area contributed by atoms with E-state index in [4.69, 9.17) is 0 Å². The number of sulfonamides is 2. The van der Waals surface area contributed by atoms with Crippen LogP contribution in [0.25, 0.3) is 0 Å². The summed E-state index contributed by atoms with van der Waals surface area (Å²) in [7, 11) is -7.52. The fourth-order valence-corrected chi connectivity index (χ4v) is 5.04. The van der Waals surface area contributed by atoms with Crippen LogP contribution in [0.15, 0.2) is 51.4 Å². The molecule has 1 fully saturated rings. The molecule has 1 N–H and O–H groups in total.